The van der Waals surface area contributed by atoms with Crippen LogP contribution in [0.15, 0.2) is 12.1 Å². The van der Waals surface area contributed by atoms with Crippen LogP contribution in [0.2, 0.25) is 10.0 Å². The molecule has 1 aromatic carbocycles. The molecule has 0 aliphatic rings. The summed E-state index contributed by atoms with van der Waals surface area (Å²) < 4.78 is 45.8. The molecule has 0 aliphatic carbocycles. The summed E-state index contributed by atoms with van der Waals surface area (Å²) in [5.74, 6) is 0.429. The number of hydrogen-bond donors (Lipinski definition) is 0. The number of ether oxygens (including phenoxy) is 2. The molecule has 114 valence electrons. The monoisotopic (exact) mass is 394 g/mol. The molecule has 1 unspecified atom stereocenters. The average Bonchev–Trinajstić information content (AvgIpc) is 2.32. The van der Waals surface area contributed by atoms with Gasteiger partial charge in [-0.15, -0.1) is 0 Å². The van der Waals surface area contributed by atoms with Crippen molar-refractivity contribution in [3.8, 4) is 5.75 Å². The first-order valence-corrected chi connectivity index (χ1v) is 7.32. The quantitative estimate of drug-likeness (QED) is 0.600. The fourth-order valence-electron chi connectivity index (χ4n) is 1.42. The molecule has 2 nitrogen and oxygen atoms in total. The number of alkyl halides is 4. The lowest BCUT2D eigenvalue weighted by molar-refractivity contribution is -0.173. The highest BCUT2D eigenvalue weighted by molar-refractivity contribution is 9.09. The molecular weight excluding hydrogens is 384 g/mol. The highest BCUT2D eigenvalue weighted by Gasteiger charge is 2.28. The van der Waals surface area contributed by atoms with Crippen LogP contribution in [0.25, 0.3) is 0 Å². The Balaban J connectivity index is 2.73. The zero-order chi connectivity index (χ0) is 15.3. The summed E-state index contributed by atoms with van der Waals surface area (Å²) in [4.78, 5) is -0.495. The van der Waals surface area contributed by atoms with Crippen LogP contribution in [0.4, 0.5) is 13.2 Å². The van der Waals surface area contributed by atoms with Crippen LogP contribution in [0.1, 0.15) is 17.3 Å². The summed E-state index contributed by atoms with van der Waals surface area (Å²) in [5.41, 5.74) is 0.544. The Hall–Kier alpha value is -0.170. The zero-order valence-electron chi connectivity index (χ0n) is 10.4. The van der Waals surface area contributed by atoms with E-state index in [4.69, 9.17) is 27.9 Å². The van der Waals surface area contributed by atoms with Crippen LogP contribution in [0.3, 0.4) is 0 Å². The second kappa shape index (κ2) is 7.73. The standard InChI is InChI=1S/C12H12BrCl2F3O2/c1-2-20-11-4-9(14)7(3-10(11)15)8(13)5-19-6-12(16,17)18/h3-4,8H,2,5-6H2,1H3. The Bertz CT molecular complexity index is 455. The number of rotatable bonds is 6. The molecule has 0 saturated heterocycles. The topological polar surface area (TPSA) is 18.5 Å². The van der Waals surface area contributed by atoms with Gasteiger partial charge in [-0.1, -0.05) is 39.1 Å². The van der Waals surface area contributed by atoms with Gasteiger partial charge in [-0.3, -0.25) is 0 Å². The number of halogens is 6. The van der Waals surface area contributed by atoms with Gasteiger partial charge < -0.3 is 9.47 Å². The third kappa shape index (κ3) is 5.68. The summed E-state index contributed by atoms with van der Waals surface area (Å²) in [6.45, 7) is 0.749. The summed E-state index contributed by atoms with van der Waals surface area (Å²) in [7, 11) is 0. The van der Waals surface area contributed by atoms with Crippen molar-refractivity contribution in [1.29, 1.82) is 0 Å². The Morgan fingerprint density at radius 3 is 2.45 bits per heavy atom. The Morgan fingerprint density at radius 2 is 1.90 bits per heavy atom. The van der Waals surface area contributed by atoms with Crippen molar-refractivity contribution >= 4 is 39.1 Å². The van der Waals surface area contributed by atoms with E-state index in [-0.39, 0.29) is 6.61 Å². The molecule has 0 bridgehead atoms. The lowest BCUT2D eigenvalue weighted by atomic mass is 10.1. The molecule has 1 aromatic rings. The van der Waals surface area contributed by atoms with Crippen molar-refractivity contribution in [3.63, 3.8) is 0 Å². The molecule has 0 spiro atoms. The maximum absolute atomic E-state index is 12.0. The second-order valence-corrected chi connectivity index (χ2v) is 5.75. The maximum Gasteiger partial charge on any atom is 0.411 e. The van der Waals surface area contributed by atoms with Crippen LogP contribution in [-0.4, -0.2) is 26.0 Å². The van der Waals surface area contributed by atoms with E-state index in [2.05, 4.69) is 20.7 Å². The molecule has 0 heterocycles. The number of benzene rings is 1. The lowest BCUT2D eigenvalue weighted by Gasteiger charge is -2.15. The minimum absolute atomic E-state index is 0.177. The first-order valence-electron chi connectivity index (χ1n) is 5.65. The van der Waals surface area contributed by atoms with Gasteiger partial charge in [-0.05, 0) is 18.6 Å². The van der Waals surface area contributed by atoms with Crippen molar-refractivity contribution in [2.45, 2.75) is 17.9 Å². The summed E-state index contributed by atoms with van der Waals surface area (Å²) >= 11 is 15.3. The summed E-state index contributed by atoms with van der Waals surface area (Å²) in [6, 6.07) is 3.08. The zero-order valence-corrected chi connectivity index (χ0v) is 13.5. The second-order valence-electron chi connectivity index (χ2n) is 3.83. The van der Waals surface area contributed by atoms with Gasteiger partial charge in [0, 0.05) is 11.1 Å². The summed E-state index contributed by atoms with van der Waals surface area (Å²) in [6.07, 6.45) is -4.35. The minimum atomic E-state index is -4.35. The van der Waals surface area contributed by atoms with E-state index >= 15 is 0 Å². The van der Waals surface area contributed by atoms with Gasteiger partial charge in [0.1, 0.15) is 12.4 Å². The molecular formula is C12H12BrCl2F3O2. The average molecular weight is 396 g/mol. The first-order chi connectivity index (χ1) is 9.24. The van der Waals surface area contributed by atoms with E-state index in [1.165, 1.54) is 6.07 Å². The van der Waals surface area contributed by atoms with E-state index in [9.17, 15) is 13.2 Å². The molecule has 1 rings (SSSR count). The van der Waals surface area contributed by atoms with E-state index in [0.29, 0.717) is 28.0 Å². The van der Waals surface area contributed by atoms with E-state index < -0.39 is 17.6 Å². The molecule has 0 amide bonds. The highest BCUT2D eigenvalue weighted by Crippen LogP contribution is 2.37. The van der Waals surface area contributed by atoms with Gasteiger partial charge >= 0.3 is 6.18 Å². The van der Waals surface area contributed by atoms with Crippen LogP contribution >= 0.6 is 39.1 Å². The van der Waals surface area contributed by atoms with Gasteiger partial charge in [-0.2, -0.15) is 13.2 Å². The van der Waals surface area contributed by atoms with Crippen LogP contribution < -0.4 is 4.74 Å². The van der Waals surface area contributed by atoms with Crippen molar-refractivity contribution in [2.24, 2.45) is 0 Å². The minimum Gasteiger partial charge on any atom is -0.492 e. The molecule has 0 saturated carbocycles. The Labute approximate surface area is 133 Å². The lowest BCUT2D eigenvalue weighted by Crippen LogP contribution is -2.18. The predicted molar refractivity (Wildman–Crippen MR) is 76.2 cm³/mol. The first kappa shape index (κ1) is 17.9. The Kier molecular flexibility index (Phi) is 6.91. The van der Waals surface area contributed by atoms with Crippen molar-refractivity contribution in [3.05, 3.63) is 27.7 Å². The van der Waals surface area contributed by atoms with Gasteiger partial charge in [0.25, 0.3) is 0 Å². The fraction of sp³-hybridized carbons (Fsp3) is 0.500. The SMILES string of the molecule is CCOc1cc(Cl)c(C(Br)COCC(F)(F)F)cc1Cl. The molecule has 0 fully saturated rings. The van der Waals surface area contributed by atoms with E-state index in [1.54, 1.807) is 13.0 Å². The van der Waals surface area contributed by atoms with Gasteiger partial charge in [0.15, 0.2) is 0 Å². The molecule has 0 N–H and O–H groups in total. The van der Waals surface area contributed by atoms with Crippen LogP contribution in [-0.2, 0) is 4.74 Å². The smallest absolute Gasteiger partial charge is 0.411 e. The third-order valence-electron chi connectivity index (χ3n) is 2.22. The molecule has 0 radical (unpaired) electrons. The van der Waals surface area contributed by atoms with Crippen LogP contribution in [0, 0.1) is 0 Å². The van der Waals surface area contributed by atoms with Gasteiger partial charge in [0.2, 0.25) is 0 Å². The van der Waals surface area contributed by atoms with Crippen molar-refractivity contribution in [2.75, 3.05) is 19.8 Å². The summed E-state index contributed by atoms with van der Waals surface area (Å²) in [5, 5.41) is 0.682. The van der Waals surface area contributed by atoms with E-state index in [0.717, 1.165) is 0 Å². The normalized spacial score (nSPS) is 13.3. The molecule has 1 atom stereocenters. The van der Waals surface area contributed by atoms with Crippen molar-refractivity contribution in [1.82, 2.24) is 0 Å². The highest BCUT2D eigenvalue weighted by atomic mass is 79.9. The Morgan fingerprint density at radius 1 is 1.25 bits per heavy atom. The fourth-order valence-corrected chi connectivity index (χ4v) is 2.63. The number of hydrogen-bond acceptors (Lipinski definition) is 2. The molecule has 8 heteroatoms. The van der Waals surface area contributed by atoms with Gasteiger partial charge in [-0.25, -0.2) is 0 Å². The molecule has 0 aromatic heterocycles. The van der Waals surface area contributed by atoms with Crippen LogP contribution in [0.5, 0.6) is 5.75 Å². The van der Waals surface area contributed by atoms with Crippen molar-refractivity contribution < 1.29 is 22.6 Å². The molecule has 0 aliphatic heterocycles. The third-order valence-corrected chi connectivity index (χ3v) is 3.60. The predicted octanol–water partition coefficient (Wildman–Crippen LogP) is 5.41. The molecule has 20 heavy (non-hydrogen) atoms. The van der Waals surface area contributed by atoms with E-state index in [1.807, 2.05) is 0 Å². The largest absolute Gasteiger partial charge is 0.492 e. The maximum atomic E-state index is 12.0. The van der Waals surface area contributed by atoms with Gasteiger partial charge in [0.05, 0.1) is 23.1 Å².